The topological polar surface area (TPSA) is 27.7 Å². The lowest BCUT2D eigenvalue weighted by Gasteiger charge is -2.05. The first-order chi connectivity index (χ1) is 7.41. The molecule has 0 bridgehead atoms. The predicted octanol–water partition coefficient (Wildman–Crippen LogP) is 2.81. The van der Waals surface area contributed by atoms with Crippen LogP contribution in [0.2, 0.25) is 0 Å². The van der Waals surface area contributed by atoms with Crippen LogP contribution in [0.5, 0.6) is 0 Å². The van der Waals surface area contributed by atoms with Crippen molar-refractivity contribution in [1.29, 1.82) is 0 Å². The Morgan fingerprint density at radius 3 is 2.20 bits per heavy atom. The van der Waals surface area contributed by atoms with Gasteiger partial charge in [-0.1, -0.05) is 19.3 Å². The van der Waals surface area contributed by atoms with E-state index in [4.69, 9.17) is 25.8 Å². The number of hydrogen-bond acceptors (Lipinski definition) is 3. The molecule has 0 atom stereocenters. The van der Waals surface area contributed by atoms with Gasteiger partial charge in [-0.25, -0.2) is 0 Å². The number of unbranched alkanes of at least 4 members (excludes halogenated alkanes) is 4. The zero-order chi connectivity index (χ0) is 11.2. The van der Waals surface area contributed by atoms with Crippen LogP contribution in [-0.4, -0.2) is 39.6 Å². The van der Waals surface area contributed by atoms with Crippen LogP contribution in [-0.2, 0) is 14.2 Å². The van der Waals surface area contributed by atoms with Gasteiger partial charge >= 0.3 is 0 Å². The Labute approximate surface area is 98.0 Å². The van der Waals surface area contributed by atoms with E-state index in [0.29, 0.717) is 20.0 Å². The Morgan fingerprint density at radius 2 is 1.47 bits per heavy atom. The van der Waals surface area contributed by atoms with Crippen LogP contribution in [0.3, 0.4) is 0 Å². The summed E-state index contributed by atoms with van der Waals surface area (Å²) in [6.07, 6.45) is 5.93. The van der Waals surface area contributed by atoms with E-state index in [1.54, 1.807) is 7.11 Å². The molecule has 0 saturated carbocycles. The molecule has 0 aliphatic rings. The molecule has 0 radical (unpaired) electrons. The molecular weight excluding hydrogens is 216 g/mol. The highest BCUT2D eigenvalue weighted by Gasteiger charge is 1.91. The molecule has 15 heavy (non-hydrogen) atoms. The molecule has 0 aromatic heterocycles. The van der Waals surface area contributed by atoms with Crippen LogP contribution in [0.4, 0.5) is 0 Å². The van der Waals surface area contributed by atoms with Gasteiger partial charge in [0.15, 0.2) is 0 Å². The molecule has 0 fully saturated rings. The zero-order valence-corrected chi connectivity index (χ0v) is 10.4. The van der Waals surface area contributed by atoms with Crippen molar-refractivity contribution in [2.24, 2.45) is 0 Å². The number of hydrogen-bond donors (Lipinski definition) is 0. The summed E-state index contributed by atoms with van der Waals surface area (Å²) in [6.45, 7) is 2.40. The number of methoxy groups -OCH3 is 1. The molecule has 0 rings (SSSR count). The fraction of sp³-hybridized carbons (Fsp3) is 1.00. The molecule has 0 spiro atoms. The maximum Gasteiger partial charge on any atom is 0.146 e. The summed E-state index contributed by atoms with van der Waals surface area (Å²) in [7, 11) is 1.66. The fourth-order valence-electron chi connectivity index (χ4n) is 1.15. The molecule has 3 nitrogen and oxygen atoms in total. The second-order valence-corrected chi connectivity index (χ2v) is 3.76. The maximum atomic E-state index is 5.57. The Morgan fingerprint density at radius 1 is 0.800 bits per heavy atom. The van der Waals surface area contributed by atoms with E-state index in [2.05, 4.69) is 0 Å². The molecule has 0 unspecified atom stereocenters. The lowest BCUT2D eigenvalue weighted by Crippen LogP contribution is -2.06. The number of rotatable bonds is 12. The van der Waals surface area contributed by atoms with E-state index in [9.17, 15) is 0 Å². The third-order valence-electron chi connectivity index (χ3n) is 2.02. The van der Waals surface area contributed by atoms with Gasteiger partial charge in [0, 0.05) is 19.6 Å². The summed E-state index contributed by atoms with van der Waals surface area (Å²) in [6, 6.07) is 0. The minimum Gasteiger partial charge on any atom is -0.382 e. The van der Waals surface area contributed by atoms with Gasteiger partial charge in [0.05, 0.1) is 13.2 Å². The van der Waals surface area contributed by atoms with Crippen molar-refractivity contribution in [3.63, 3.8) is 0 Å². The summed E-state index contributed by atoms with van der Waals surface area (Å²) < 4.78 is 15.3. The molecule has 0 aromatic rings. The van der Waals surface area contributed by atoms with E-state index in [1.807, 2.05) is 0 Å². The average molecular weight is 239 g/mol. The van der Waals surface area contributed by atoms with Crippen molar-refractivity contribution in [2.75, 3.05) is 39.6 Å². The first kappa shape index (κ1) is 15.2. The van der Waals surface area contributed by atoms with E-state index >= 15 is 0 Å². The van der Waals surface area contributed by atoms with E-state index < -0.39 is 0 Å². The molecule has 0 aromatic carbocycles. The zero-order valence-electron chi connectivity index (χ0n) is 9.67. The quantitative estimate of drug-likeness (QED) is 0.297. The molecule has 0 amide bonds. The number of halogens is 1. The van der Waals surface area contributed by atoms with E-state index in [1.165, 1.54) is 19.3 Å². The lowest BCUT2D eigenvalue weighted by atomic mass is 10.2. The first-order valence-corrected chi connectivity index (χ1v) is 6.15. The highest BCUT2D eigenvalue weighted by molar-refractivity contribution is 6.17. The third-order valence-corrected chi connectivity index (χ3v) is 2.29. The normalized spacial score (nSPS) is 10.8. The summed E-state index contributed by atoms with van der Waals surface area (Å²) in [4.78, 5) is 0. The van der Waals surface area contributed by atoms with Crippen molar-refractivity contribution >= 4 is 11.6 Å². The van der Waals surface area contributed by atoms with E-state index in [-0.39, 0.29) is 0 Å². The first-order valence-electron chi connectivity index (χ1n) is 5.62. The molecule has 0 N–H and O–H groups in total. The molecule has 0 aliphatic carbocycles. The van der Waals surface area contributed by atoms with Gasteiger partial charge < -0.3 is 14.2 Å². The average Bonchev–Trinajstić information content (AvgIpc) is 2.26. The van der Waals surface area contributed by atoms with Crippen molar-refractivity contribution < 1.29 is 14.2 Å². The van der Waals surface area contributed by atoms with Crippen LogP contribution < -0.4 is 0 Å². The Kier molecular flexibility index (Phi) is 14.3. The standard InChI is InChI=1S/C11H23ClO3/c1-13-9-10-15-11-14-8-6-4-2-3-5-7-12/h2-11H2,1H3. The van der Waals surface area contributed by atoms with Crippen molar-refractivity contribution in [1.82, 2.24) is 0 Å². The molecule has 0 aliphatic heterocycles. The van der Waals surface area contributed by atoms with Gasteiger partial charge in [-0.2, -0.15) is 0 Å². The summed E-state index contributed by atoms with van der Waals surface area (Å²) >= 11 is 5.57. The summed E-state index contributed by atoms with van der Waals surface area (Å²) in [5.41, 5.74) is 0. The molecule has 4 heteroatoms. The summed E-state index contributed by atoms with van der Waals surface area (Å²) in [5.74, 6) is 0.782. The van der Waals surface area contributed by atoms with E-state index in [0.717, 1.165) is 25.3 Å². The molecule has 0 heterocycles. The highest BCUT2D eigenvalue weighted by atomic mass is 35.5. The predicted molar refractivity (Wildman–Crippen MR) is 62.5 cm³/mol. The SMILES string of the molecule is COCCOCOCCCCCCCCl. The Bertz CT molecular complexity index is 100. The summed E-state index contributed by atoms with van der Waals surface area (Å²) in [5, 5.41) is 0. The second-order valence-electron chi connectivity index (χ2n) is 3.38. The Balaban J connectivity index is 2.81. The monoisotopic (exact) mass is 238 g/mol. The minimum absolute atomic E-state index is 0.380. The minimum atomic E-state index is 0.380. The van der Waals surface area contributed by atoms with Gasteiger partial charge in [0.25, 0.3) is 0 Å². The van der Waals surface area contributed by atoms with Gasteiger partial charge in [-0.3, -0.25) is 0 Å². The van der Waals surface area contributed by atoms with Crippen molar-refractivity contribution in [3.05, 3.63) is 0 Å². The molecular formula is C11H23ClO3. The third kappa shape index (κ3) is 14.2. The van der Waals surface area contributed by atoms with Crippen LogP contribution in [0.25, 0.3) is 0 Å². The fourth-order valence-corrected chi connectivity index (χ4v) is 1.34. The Hall–Kier alpha value is 0.170. The van der Waals surface area contributed by atoms with Crippen LogP contribution >= 0.6 is 11.6 Å². The smallest absolute Gasteiger partial charge is 0.146 e. The largest absolute Gasteiger partial charge is 0.382 e. The van der Waals surface area contributed by atoms with Gasteiger partial charge in [-0.05, 0) is 12.8 Å². The molecule has 0 saturated heterocycles. The highest BCUT2D eigenvalue weighted by Crippen LogP contribution is 2.03. The van der Waals surface area contributed by atoms with Crippen molar-refractivity contribution in [3.8, 4) is 0 Å². The van der Waals surface area contributed by atoms with Gasteiger partial charge in [-0.15, -0.1) is 11.6 Å². The van der Waals surface area contributed by atoms with Crippen molar-refractivity contribution in [2.45, 2.75) is 32.1 Å². The number of ether oxygens (including phenoxy) is 3. The van der Waals surface area contributed by atoms with Crippen LogP contribution in [0, 0.1) is 0 Å². The van der Waals surface area contributed by atoms with Gasteiger partial charge in [0.1, 0.15) is 6.79 Å². The van der Waals surface area contributed by atoms with Gasteiger partial charge in [0.2, 0.25) is 0 Å². The number of alkyl halides is 1. The van der Waals surface area contributed by atoms with Crippen LogP contribution in [0.15, 0.2) is 0 Å². The molecule has 92 valence electrons. The maximum absolute atomic E-state index is 5.57. The van der Waals surface area contributed by atoms with Crippen LogP contribution in [0.1, 0.15) is 32.1 Å². The lowest BCUT2D eigenvalue weighted by molar-refractivity contribution is -0.0664. The second kappa shape index (κ2) is 14.2.